The molecule has 0 amide bonds. The van der Waals surface area contributed by atoms with E-state index in [-0.39, 0.29) is 17.7 Å². The molecule has 1 saturated heterocycles. The number of aromatic nitrogens is 1. The van der Waals surface area contributed by atoms with Crippen LogP contribution in [0.25, 0.3) is 0 Å². The Hall–Kier alpha value is -1.69. The van der Waals surface area contributed by atoms with Gasteiger partial charge in [-0.2, -0.15) is 5.26 Å². The largest absolute Gasteiger partial charge is 0.379 e. The van der Waals surface area contributed by atoms with Gasteiger partial charge in [-0.3, -0.25) is 0 Å². The lowest BCUT2D eigenvalue weighted by Gasteiger charge is -2.22. The second-order valence-electron chi connectivity index (χ2n) is 5.57. The van der Waals surface area contributed by atoms with Gasteiger partial charge >= 0.3 is 0 Å². The van der Waals surface area contributed by atoms with Crippen molar-refractivity contribution in [3.05, 3.63) is 23.4 Å². The summed E-state index contributed by atoms with van der Waals surface area (Å²) in [5, 5.41) is 12.3. The lowest BCUT2D eigenvalue weighted by atomic mass is 10.1. The van der Waals surface area contributed by atoms with Crippen molar-refractivity contribution in [2.24, 2.45) is 5.92 Å². The standard InChI is InChI=1S/C14H20N4O3S/c1-10-4-5-11(6-15)14(16-10)17-13-8-21-7-12(13)9-22(19,20)18(2)3/h4-5,12-13H,7-9H2,1-3H3,(H,16,17)/t12-,13+/m0/s1. The van der Waals surface area contributed by atoms with Gasteiger partial charge in [0, 0.05) is 25.7 Å². The Morgan fingerprint density at radius 3 is 2.82 bits per heavy atom. The molecule has 0 bridgehead atoms. The number of nitrogens with zero attached hydrogens (tertiary/aromatic N) is 3. The fourth-order valence-electron chi connectivity index (χ4n) is 2.27. The molecule has 1 fully saturated rings. The molecule has 2 rings (SSSR count). The van der Waals surface area contributed by atoms with E-state index in [1.807, 2.05) is 6.92 Å². The second-order valence-corrected chi connectivity index (χ2v) is 7.80. The highest BCUT2D eigenvalue weighted by atomic mass is 32.2. The zero-order chi connectivity index (χ0) is 16.3. The molecule has 0 aliphatic carbocycles. The molecule has 22 heavy (non-hydrogen) atoms. The highest BCUT2D eigenvalue weighted by Crippen LogP contribution is 2.22. The van der Waals surface area contributed by atoms with Crippen molar-refractivity contribution in [3.63, 3.8) is 0 Å². The van der Waals surface area contributed by atoms with Gasteiger partial charge in [0.25, 0.3) is 0 Å². The topological polar surface area (TPSA) is 95.3 Å². The van der Waals surface area contributed by atoms with Crippen LogP contribution >= 0.6 is 0 Å². The molecular formula is C14H20N4O3S. The Morgan fingerprint density at radius 2 is 2.18 bits per heavy atom. The number of nitrogens with one attached hydrogen (secondary N) is 1. The Labute approximate surface area is 131 Å². The van der Waals surface area contributed by atoms with Crippen LogP contribution in [0.5, 0.6) is 0 Å². The van der Waals surface area contributed by atoms with Gasteiger partial charge in [0.15, 0.2) is 0 Å². The van der Waals surface area contributed by atoms with Gasteiger partial charge in [0.2, 0.25) is 10.0 Å². The molecule has 0 aromatic carbocycles. The number of sulfonamides is 1. The van der Waals surface area contributed by atoms with E-state index in [0.29, 0.717) is 24.6 Å². The van der Waals surface area contributed by atoms with Gasteiger partial charge in [-0.25, -0.2) is 17.7 Å². The van der Waals surface area contributed by atoms with E-state index >= 15 is 0 Å². The first-order valence-electron chi connectivity index (χ1n) is 6.95. The number of rotatable bonds is 5. The van der Waals surface area contributed by atoms with Crippen LogP contribution in [0.1, 0.15) is 11.3 Å². The number of ether oxygens (including phenoxy) is 1. The van der Waals surface area contributed by atoms with Gasteiger partial charge < -0.3 is 10.1 Å². The summed E-state index contributed by atoms with van der Waals surface area (Å²) >= 11 is 0. The molecular weight excluding hydrogens is 304 g/mol. The number of nitriles is 1. The number of aryl methyl sites for hydroxylation is 1. The van der Waals surface area contributed by atoms with E-state index in [2.05, 4.69) is 16.4 Å². The van der Waals surface area contributed by atoms with Crippen molar-refractivity contribution in [1.29, 1.82) is 5.26 Å². The van der Waals surface area contributed by atoms with E-state index in [9.17, 15) is 8.42 Å². The van der Waals surface area contributed by atoms with Crippen molar-refractivity contribution in [1.82, 2.24) is 9.29 Å². The first-order chi connectivity index (χ1) is 10.3. The van der Waals surface area contributed by atoms with Crippen LogP contribution in [0, 0.1) is 24.2 Å². The molecule has 1 aliphatic rings. The van der Waals surface area contributed by atoms with Crippen LogP contribution in [0.2, 0.25) is 0 Å². The predicted octanol–water partition coefficient (Wildman–Crippen LogP) is 0.580. The van der Waals surface area contributed by atoms with Crippen LogP contribution in [0.3, 0.4) is 0 Å². The summed E-state index contributed by atoms with van der Waals surface area (Å²) in [6.45, 7) is 2.61. The molecule has 2 atom stereocenters. The van der Waals surface area contributed by atoms with Crippen LogP contribution in [0.4, 0.5) is 5.82 Å². The molecule has 120 valence electrons. The van der Waals surface area contributed by atoms with Gasteiger partial charge in [-0.05, 0) is 19.1 Å². The quantitative estimate of drug-likeness (QED) is 0.851. The van der Waals surface area contributed by atoms with E-state index < -0.39 is 10.0 Å². The van der Waals surface area contributed by atoms with Crippen LogP contribution in [-0.4, -0.2) is 56.8 Å². The van der Waals surface area contributed by atoms with E-state index in [1.54, 1.807) is 12.1 Å². The molecule has 0 saturated carbocycles. The molecule has 1 aliphatic heterocycles. The van der Waals surface area contributed by atoms with Crippen molar-refractivity contribution < 1.29 is 13.2 Å². The predicted molar refractivity (Wildman–Crippen MR) is 82.9 cm³/mol. The molecule has 1 aromatic rings. The van der Waals surface area contributed by atoms with E-state index in [0.717, 1.165) is 5.69 Å². The van der Waals surface area contributed by atoms with E-state index in [4.69, 9.17) is 10.00 Å². The minimum absolute atomic E-state index is 0.00533. The third-order valence-corrected chi connectivity index (χ3v) is 5.62. The summed E-state index contributed by atoms with van der Waals surface area (Å²) in [6.07, 6.45) is 0. The van der Waals surface area contributed by atoms with Crippen molar-refractivity contribution in [2.75, 3.05) is 38.4 Å². The summed E-state index contributed by atoms with van der Waals surface area (Å²) in [4.78, 5) is 4.32. The van der Waals surface area contributed by atoms with E-state index in [1.165, 1.54) is 18.4 Å². The van der Waals surface area contributed by atoms with Crippen molar-refractivity contribution >= 4 is 15.8 Å². The Kier molecular flexibility index (Phi) is 5.01. The summed E-state index contributed by atoms with van der Waals surface area (Å²) in [5.74, 6) is 0.303. The first-order valence-corrected chi connectivity index (χ1v) is 8.56. The highest BCUT2D eigenvalue weighted by Gasteiger charge is 2.33. The minimum atomic E-state index is -3.30. The highest BCUT2D eigenvalue weighted by molar-refractivity contribution is 7.89. The maximum atomic E-state index is 12.0. The average molecular weight is 324 g/mol. The smallest absolute Gasteiger partial charge is 0.214 e. The zero-order valence-corrected chi connectivity index (χ0v) is 13.7. The molecule has 1 aromatic heterocycles. The van der Waals surface area contributed by atoms with Gasteiger partial charge in [-0.15, -0.1) is 0 Å². The SMILES string of the molecule is Cc1ccc(C#N)c(N[C@@H]2COC[C@H]2CS(=O)(=O)N(C)C)n1. The number of hydrogen-bond acceptors (Lipinski definition) is 6. The Bertz CT molecular complexity index is 682. The second kappa shape index (κ2) is 6.60. The third kappa shape index (κ3) is 3.74. The van der Waals surface area contributed by atoms with Gasteiger partial charge in [0.05, 0.1) is 30.6 Å². The Morgan fingerprint density at radius 1 is 1.45 bits per heavy atom. The summed E-state index contributed by atoms with van der Waals surface area (Å²) in [6, 6.07) is 5.37. The van der Waals surface area contributed by atoms with Crippen LogP contribution < -0.4 is 5.32 Å². The Balaban J connectivity index is 2.16. The average Bonchev–Trinajstić information content (AvgIpc) is 2.85. The summed E-state index contributed by atoms with van der Waals surface area (Å²) in [5.41, 5.74) is 1.23. The normalized spacial score (nSPS) is 21.8. The number of pyridine rings is 1. The molecule has 7 nitrogen and oxygen atoms in total. The molecule has 8 heteroatoms. The summed E-state index contributed by atoms with van der Waals surface area (Å²) in [7, 11) is -0.268. The third-order valence-electron chi connectivity index (χ3n) is 3.66. The number of anilines is 1. The monoisotopic (exact) mass is 324 g/mol. The zero-order valence-electron chi connectivity index (χ0n) is 12.9. The first kappa shape index (κ1) is 16.7. The fraction of sp³-hybridized carbons (Fsp3) is 0.571. The molecule has 0 unspecified atom stereocenters. The maximum absolute atomic E-state index is 12.0. The fourth-order valence-corrected chi connectivity index (χ4v) is 3.44. The molecule has 0 spiro atoms. The summed E-state index contributed by atoms with van der Waals surface area (Å²) < 4.78 is 30.7. The molecule has 2 heterocycles. The van der Waals surface area contributed by atoms with Crippen molar-refractivity contribution in [2.45, 2.75) is 13.0 Å². The minimum Gasteiger partial charge on any atom is -0.379 e. The van der Waals surface area contributed by atoms with Gasteiger partial charge in [-0.1, -0.05) is 0 Å². The lowest BCUT2D eigenvalue weighted by Crippen LogP contribution is -2.37. The van der Waals surface area contributed by atoms with Crippen LogP contribution in [-0.2, 0) is 14.8 Å². The maximum Gasteiger partial charge on any atom is 0.214 e. The molecule has 1 N–H and O–H groups in total. The van der Waals surface area contributed by atoms with Crippen molar-refractivity contribution in [3.8, 4) is 6.07 Å². The van der Waals surface area contributed by atoms with Crippen LogP contribution in [0.15, 0.2) is 12.1 Å². The number of hydrogen-bond donors (Lipinski definition) is 1. The lowest BCUT2D eigenvalue weighted by molar-refractivity contribution is 0.187. The van der Waals surface area contributed by atoms with Gasteiger partial charge in [0.1, 0.15) is 11.9 Å². The molecule has 0 radical (unpaired) electrons.